The lowest BCUT2D eigenvalue weighted by Crippen LogP contribution is -2.27. The van der Waals surface area contributed by atoms with Gasteiger partial charge in [-0.25, -0.2) is 0 Å². The molecule has 2 aromatic carbocycles. The van der Waals surface area contributed by atoms with Crippen LogP contribution in [0.1, 0.15) is 12.5 Å². The van der Waals surface area contributed by atoms with Crippen LogP contribution in [-0.2, 0) is 16.0 Å². The standard InChI is InChI=1S/C18H18N2O3/c1-12(10-13-6-3-2-4-7-13)18(22)20-15-9-5-8-14-17(15)23-11-16(21)19-14/h2-9,12H,10-11H2,1H3,(H,19,21)(H,20,22). The lowest BCUT2D eigenvalue weighted by Gasteiger charge is -2.21. The van der Waals surface area contributed by atoms with Gasteiger partial charge in [0.1, 0.15) is 0 Å². The number of rotatable bonds is 4. The van der Waals surface area contributed by atoms with Crippen LogP contribution in [0.2, 0.25) is 0 Å². The third-order valence-corrected chi connectivity index (χ3v) is 3.73. The number of benzene rings is 2. The van der Waals surface area contributed by atoms with Crippen molar-refractivity contribution in [2.45, 2.75) is 13.3 Å². The Bertz CT molecular complexity index is 728. The molecule has 1 aliphatic rings. The van der Waals surface area contributed by atoms with Gasteiger partial charge in [0.2, 0.25) is 5.91 Å². The van der Waals surface area contributed by atoms with Crippen molar-refractivity contribution in [3.05, 3.63) is 54.1 Å². The Morgan fingerprint density at radius 2 is 2.00 bits per heavy atom. The van der Waals surface area contributed by atoms with Crippen molar-refractivity contribution in [1.29, 1.82) is 0 Å². The van der Waals surface area contributed by atoms with E-state index in [-0.39, 0.29) is 24.3 Å². The van der Waals surface area contributed by atoms with E-state index in [1.807, 2.05) is 37.3 Å². The first-order valence-electron chi connectivity index (χ1n) is 7.54. The first-order valence-corrected chi connectivity index (χ1v) is 7.54. The fraction of sp³-hybridized carbons (Fsp3) is 0.222. The lowest BCUT2D eigenvalue weighted by atomic mass is 10.0. The topological polar surface area (TPSA) is 67.4 Å². The fourth-order valence-corrected chi connectivity index (χ4v) is 2.53. The first-order chi connectivity index (χ1) is 11.1. The summed E-state index contributed by atoms with van der Waals surface area (Å²) in [4.78, 5) is 23.8. The molecule has 0 aliphatic carbocycles. The fourth-order valence-electron chi connectivity index (χ4n) is 2.53. The maximum Gasteiger partial charge on any atom is 0.262 e. The number of anilines is 2. The molecular formula is C18H18N2O3. The van der Waals surface area contributed by atoms with Gasteiger partial charge < -0.3 is 15.4 Å². The number of carbonyl (C=O) groups is 2. The molecule has 0 radical (unpaired) electrons. The van der Waals surface area contributed by atoms with Crippen molar-refractivity contribution < 1.29 is 14.3 Å². The highest BCUT2D eigenvalue weighted by Crippen LogP contribution is 2.35. The van der Waals surface area contributed by atoms with E-state index in [1.54, 1.807) is 18.2 Å². The summed E-state index contributed by atoms with van der Waals surface area (Å²) in [6.07, 6.45) is 0.666. The van der Waals surface area contributed by atoms with Gasteiger partial charge in [-0.15, -0.1) is 0 Å². The molecule has 1 unspecified atom stereocenters. The van der Waals surface area contributed by atoms with Crippen LogP contribution in [-0.4, -0.2) is 18.4 Å². The summed E-state index contributed by atoms with van der Waals surface area (Å²) < 4.78 is 5.44. The number of fused-ring (bicyclic) bond motifs is 1. The quantitative estimate of drug-likeness (QED) is 0.912. The zero-order chi connectivity index (χ0) is 16.2. The van der Waals surface area contributed by atoms with E-state index < -0.39 is 0 Å². The molecule has 118 valence electrons. The van der Waals surface area contributed by atoms with Crippen molar-refractivity contribution in [3.8, 4) is 5.75 Å². The molecule has 0 saturated heterocycles. The van der Waals surface area contributed by atoms with Gasteiger partial charge in [0.05, 0.1) is 11.4 Å². The Kier molecular flexibility index (Phi) is 4.28. The number of amides is 2. The van der Waals surface area contributed by atoms with Crippen LogP contribution in [0.4, 0.5) is 11.4 Å². The Morgan fingerprint density at radius 3 is 2.78 bits per heavy atom. The van der Waals surface area contributed by atoms with Crippen LogP contribution in [0.25, 0.3) is 0 Å². The van der Waals surface area contributed by atoms with Gasteiger partial charge in [-0.3, -0.25) is 9.59 Å². The number of carbonyl (C=O) groups excluding carboxylic acids is 2. The molecule has 2 N–H and O–H groups in total. The molecule has 2 aromatic rings. The van der Waals surface area contributed by atoms with E-state index in [0.29, 0.717) is 23.5 Å². The molecule has 5 heteroatoms. The van der Waals surface area contributed by atoms with E-state index in [4.69, 9.17) is 4.74 Å². The summed E-state index contributed by atoms with van der Waals surface area (Å²) in [6.45, 7) is 1.85. The van der Waals surface area contributed by atoms with E-state index in [0.717, 1.165) is 5.56 Å². The second-order valence-electron chi connectivity index (χ2n) is 5.60. The third kappa shape index (κ3) is 3.51. The highest BCUT2D eigenvalue weighted by molar-refractivity contribution is 6.00. The molecular weight excluding hydrogens is 292 g/mol. The molecule has 2 amide bonds. The summed E-state index contributed by atoms with van der Waals surface area (Å²) in [5, 5.41) is 5.62. The van der Waals surface area contributed by atoms with Crippen molar-refractivity contribution in [3.63, 3.8) is 0 Å². The average molecular weight is 310 g/mol. The van der Waals surface area contributed by atoms with E-state index in [1.165, 1.54) is 0 Å². The zero-order valence-electron chi connectivity index (χ0n) is 12.8. The Labute approximate surface area is 134 Å². The second kappa shape index (κ2) is 6.52. The number of nitrogens with one attached hydrogen (secondary N) is 2. The van der Waals surface area contributed by atoms with Crippen molar-refractivity contribution >= 4 is 23.2 Å². The molecule has 1 aliphatic heterocycles. The van der Waals surface area contributed by atoms with Crippen molar-refractivity contribution in [2.75, 3.05) is 17.2 Å². The Morgan fingerprint density at radius 1 is 1.22 bits per heavy atom. The second-order valence-corrected chi connectivity index (χ2v) is 5.60. The normalized spacial score (nSPS) is 14.2. The predicted molar refractivity (Wildman–Crippen MR) is 88.5 cm³/mol. The largest absolute Gasteiger partial charge is 0.479 e. The molecule has 0 bridgehead atoms. The van der Waals surface area contributed by atoms with Crippen LogP contribution in [0.15, 0.2) is 48.5 Å². The minimum absolute atomic E-state index is 0.0422. The smallest absolute Gasteiger partial charge is 0.262 e. The predicted octanol–water partition coefficient (Wildman–Crippen LogP) is 2.83. The minimum atomic E-state index is -0.196. The highest BCUT2D eigenvalue weighted by atomic mass is 16.5. The number of hydrogen-bond donors (Lipinski definition) is 2. The lowest BCUT2D eigenvalue weighted by molar-refractivity contribution is -0.119. The van der Waals surface area contributed by atoms with Crippen LogP contribution in [0.3, 0.4) is 0 Å². The molecule has 1 atom stereocenters. The molecule has 0 fully saturated rings. The molecule has 0 saturated carbocycles. The van der Waals surface area contributed by atoms with Gasteiger partial charge in [-0.2, -0.15) is 0 Å². The maximum atomic E-state index is 12.4. The summed E-state index contributed by atoms with van der Waals surface area (Å²) in [6, 6.07) is 15.2. The van der Waals surface area contributed by atoms with E-state index >= 15 is 0 Å². The molecule has 3 rings (SSSR count). The third-order valence-electron chi connectivity index (χ3n) is 3.73. The Hall–Kier alpha value is -2.82. The number of hydrogen-bond acceptors (Lipinski definition) is 3. The maximum absolute atomic E-state index is 12.4. The SMILES string of the molecule is CC(Cc1ccccc1)C(=O)Nc1cccc2c1OCC(=O)N2. The van der Waals surface area contributed by atoms with E-state index in [9.17, 15) is 9.59 Å². The van der Waals surface area contributed by atoms with Crippen LogP contribution >= 0.6 is 0 Å². The molecule has 23 heavy (non-hydrogen) atoms. The van der Waals surface area contributed by atoms with Gasteiger partial charge >= 0.3 is 0 Å². The van der Waals surface area contributed by atoms with Gasteiger partial charge in [0.25, 0.3) is 5.91 Å². The van der Waals surface area contributed by atoms with Crippen LogP contribution < -0.4 is 15.4 Å². The molecule has 5 nitrogen and oxygen atoms in total. The highest BCUT2D eigenvalue weighted by Gasteiger charge is 2.21. The van der Waals surface area contributed by atoms with Crippen LogP contribution in [0.5, 0.6) is 5.75 Å². The number of para-hydroxylation sites is 1. The van der Waals surface area contributed by atoms with Gasteiger partial charge in [-0.05, 0) is 24.1 Å². The van der Waals surface area contributed by atoms with Crippen molar-refractivity contribution in [1.82, 2.24) is 0 Å². The van der Waals surface area contributed by atoms with Crippen molar-refractivity contribution in [2.24, 2.45) is 5.92 Å². The summed E-state index contributed by atoms with van der Waals surface area (Å²) in [5.41, 5.74) is 2.27. The first kappa shape index (κ1) is 15.1. The summed E-state index contributed by atoms with van der Waals surface area (Å²) in [7, 11) is 0. The zero-order valence-corrected chi connectivity index (χ0v) is 12.8. The minimum Gasteiger partial charge on any atom is -0.479 e. The monoisotopic (exact) mass is 310 g/mol. The van der Waals surface area contributed by atoms with Gasteiger partial charge in [-0.1, -0.05) is 43.3 Å². The van der Waals surface area contributed by atoms with Crippen LogP contribution in [0, 0.1) is 5.92 Å². The molecule has 0 aromatic heterocycles. The average Bonchev–Trinajstić information content (AvgIpc) is 2.55. The Balaban J connectivity index is 1.71. The number of ether oxygens (including phenoxy) is 1. The van der Waals surface area contributed by atoms with Gasteiger partial charge in [0, 0.05) is 5.92 Å². The summed E-state index contributed by atoms with van der Waals surface area (Å²) in [5.74, 6) is 0.0555. The molecule has 1 heterocycles. The van der Waals surface area contributed by atoms with Gasteiger partial charge in [0.15, 0.2) is 12.4 Å². The summed E-state index contributed by atoms with van der Waals surface area (Å²) >= 11 is 0. The van der Waals surface area contributed by atoms with E-state index in [2.05, 4.69) is 10.6 Å². The molecule has 0 spiro atoms.